The molecule has 0 saturated heterocycles. The smallest absolute Gasteiger partial charge is 0.213 e. The van der Waals surface area contributed by atoms with Crippen molar-refractivity contribution in [2.24, 2.45) is 0 Å². The van der Waals surface area contributed by atoms with E-state index in [1.54, 1.807) is 42.5 Å². The Morgan fingerprint density at radius 3 is 2.52 bits per heavy atom. The number of nitrogens with one attached hydrogen (secondary N) is 2. The number of sulfone groups is 1. The topological polar surface area (TPSA) is 101 Å². The Hall–Kier alpha value is -2.51. The number of nitrogen functional groups attached to an aromatic ring is 1. The second-order valence-electron chi connectivity index (χ2n) is 4.77. The molecule has 3 aromatic rings. The lowest BCUT2D eigenvalue weighted by atomic mass is 10.3. The SMILES string of the molecule is Nc1[nH]nc(Nc2cccc(Cl)c2)c1S(=O)(=O)c1ccccc1. The van der Waals surface area contributed by atoms with Gasteiger partial charge in [0.1, 0.15) is 5.82 Å². The zero-order valence-electron chi connectivity index (χ0n) is 11.8. The van der Waals surface area contributed by atoms with Gasteiger partial charge in [-0.3, -0.25) is 5.10 Å². The molecule has 0 spiro atoms. The molecule has 0 unspecified atom stereocenters. The summed E-state index contributed by atoms with van der Waals surface area (Å²) < 4.78 is 25.6. The Morgan fingerprint density at radius 1 is 1.09 bits per heavy atom. The van der Waals surface area contributed by atoms with E-state index in [0.29, 0.717) is 10.7 Å². The predicted molar refractivity (Wildman–Crippen MR) is 89.6 cm³/mol. The van der Waals surface area contributed by atoms with Gasteiger partial charge in [-0.1, -0.05) is 35.9 Å². The van der Waals surface area contributed by atoms with Gasteiger partial charge in [-0.25, -0.2) is 8.42 Å². The summed E-state index contributed by atoms with van der Waals surface area (Å²) in [5.41, 5.74) is 6.39. The summed E-state index contributed by atoms with van der Waals surface area (Å²) in [7, 11) is -3.80. The molecule has 0 aliphatic carbocycles. The van der Waals surface area contributed by atoms with E-state index in [1.807, 2.05) is 0 Å². The van der Waals surface area contributed by atoms with Crippen molar-refractivity contribution in [1.82, 2.24) is 10.2 Å². The van der Waals surface area contributed by atoms with Crippen LogP contribution >= 0.6 is 11.6 Å². The molecule has 8 heteroatoms. The van der Waals surface area contributed by atoms with Crippen molar-refractivity contribution in [1.29, 1.82) is 0 Å². The third-order valence-corrected chi connectivity index (χ3v) is 5.24. The standard InChI is InChI=1S/C15H13ClN4O2S/c16-10-5-4-6-11(9-10)18-15-13(14(17)19-20-15)23(21,22)12-7-2-1-3-8-12/h1-9H,(H4,17,18,19,20). The van der Waals surface area contributed by atoms with Gasteiger partial charge in [-0.05, 0) is 30.3 Å². The fraction of sp³-hybridized carbons (Fsp3) is 0. The number of aromatic nitrogens is 2. The van der Waals surface area contributed by atoms with Crippen LogP contribution < -0.4 is 11.1 Å². The number of hydrogen-bond donors (Lipinski definition) is 3. The molecule has 0 radical (unpaired) electrons. The molecule has 4 N–H and O–H groups in total. The van der Waals surface area contributed by atoms with Crippen LogP contribution in [0.3, 0.4) is 0 Å². The normalized spacial score (nSPS) is 11.3. The second-order valence-corrected chi connectivity index (χ2v) is 7.09. The van der Waals surface area contributed by atoms with E-state index in [2.05, 4.69) is 15.5 Å². The second kappa shape index (κ2) is 5.94. The van der Waals surface area contributed by atoms with Gasteiger partial charge in [0.2, 0.25) is 9.84 Å². The van der Waals surface area contributed by atoms with E-state index in [1.165, 1.54) is 12.1 Å². The first kappa shape index (κ1) is 15.4. The summed E-state index contributed by atoms with van der Waals surface area (Å²) in [4.78, 5) is 0.0471. The molecule has 0 atom stereocenters. The van der Waals surface area contributed by atoms with Crippen LogP contribution in [0.25, 0.3) is 0 Å². The highest BCUT2D eigenvalue weighted by Crippen LogP contribution is 2.32. The molecule has 0 fully saturated rings. The molecule has 0 amide bonds. The van der Waals surface area contributed by atoms with E-state index in [4.69, 9.17) is 17.3 Å². The summed E-state index contributed by atoms with van der Waals surface area (Å²) in [6.45, 7) is 0. The number of hydrogen-bond acceptors (Lipinski definition) is 5. The molecule has 6 nitrogen and oxygen atoms in total. The van der Waals surface area contributed by atoms with E-state index in [-0.39, 0.29) is 21.4 Å². The molecule has 118 valence electrons. The van der Waals surface area contributed by atoms with E-state index < -0.39 is 9.84 Å². The van der Waals surface area contributed by atoms with Gasteiger partial charge in [-0.15, -0.1) is 0 Å². The zero-order chi connectivity index (χ0) is 16.4. The molecule has 0 aliphatic rings. The summed E-state index contributed by atoms with van der Waals surface area (Å²) in [6.07, 6.45) is 0. The van der Waals surface area contributed by atoms with Crippen LogP contribution in [0.4, 0.5) is 17.3 Å². The summed E-state index contributed by atoms with van der Waals surface area (Å²) in [6, 6.07) is 14.9. The average Bonchev–Trinajstić information content (AvgIpc) is 2.89. The van der Waals surface area contributed by atoms with Crippen LogP contribution in [0.5, 0.6) is 0 Å². The van der Waals surface area contributed by atoms with Crippen LogP contribution in [0, 0.1) is 0 Å². The lowest BCUT2D eigenvalue weighted by molar-refractivity contribution is 0.597. The monoisotopic (exact) mass is 348 g/mol. The van der Waals surface area contributed by atoms with E-state index in [0.717, 1.165) is 0 Å². The molecule has 0 bridgehead atoms. The van der Waals surface area contributed by atoms with Crippen molar-refractivity contribution in [2.75, 3.05) is 11.1 Å². The molecular formula is C15H13ClN4O2S. The number of aromatic amines is 1. The predicted octanol–water partition coefficient (Wildman–Crippen LogP) is 3.22. The maximum absolute atomic E-state index is 12.8. The van der Waals surface area contributed by atoms with Gasteiger partial charge < -0.3 is 11.1 Å². The number of anilines is 3. The number of nitrogens with two attached hydrogens (primary N) is 1. The number of benzene rings is 2. The van der Waals surface area contributed by atoms with Gasteiger partial charge in [-0.2, -0.15) is 5.10 Å². The maximum Gasteiger partial charge on any atom is 0.213 e. The molecular weight excluding hydrogens is 336 g/mol. The highest BCUT2D eigenvalue weighted by Gasteiger charge is 2.27. The molecule has 2 aromatic carbocycles. The highest BCUT2D eigenvalue weighted by atomic mass is 35.5. The van der Waals surface area contributed by atoms with Crippen LogP contribution in [-0.2, 0) is 9.84 Å². The molecule has 0 aliphatic heterocycles. The Kier molecular flexibility index (Phi) is 3.97. The van der Waals surface area contributed by atoms with Crippen molar-refractivity contribution in [3.8, 4) is 0 Å². The third kappa shape index (κ3) is 3.01. The molecule has 0 saturated carbocycles. The minimum atomic E-state index is -3.80. The largest absolute Gasteiger partial charge is 0.383 e. The van der Waals surface area contributed by atoms with Gasteiger partial charge in [0.25, 0.3) is 0 Å². The first-order valence-corrected chi connectivity index (χ1v) is 8.51. The van der Waals surface area contributed by atoms with Gasteiger partial charge in [0.15, 0.2) is 10.7 Å². The fourth-order valence-corrected chi connectivity index (χ4v) is 3.75. The van der Waals surface area contributed by atoms with Crippen LogP contribution in [-0.4, -0.2) is 18.6 Å². The van der Waals surface area contributed by atoms with Gasteiger partial charge in [0.05, 0.1) is 4.90 Å². The number of H-pyrrole nitrogens is 1. The Balaban J connectivity index is 2.06. The summed E-state index contributed by atoms with van der Waals surface area (Å²) in [5, 5.41) is 9.89. The Labute approximate surface area is 138 Å². The molecule has 23 heavy (non-hydrogen) atoms. The van der Waals surface area contributed by atoms with Crippen LogP contribution in [0.2, 0.25) is 5.02 Å². The quantitative estimate of drug-likeness (QED) is 0.672. The first-order chi connectivity index (χ1) is 11.0. The summed E-state index contributed by atoms with van der Waals surface area (Å²) in [5.74, 6) is 0.0898. The van der Waals surface area contributed by atoms with Crippen molar-refractivity contribution in [3.63, 3.8) is 0 Å². The Bertz CT molecular complexity index is 939. The van der Waals surface area contributed by atoms with E-state index in [9.17, 15) is 8.42 Å². The third-order valence-electron chi connectivity index (χ3n) is 3.16. The van der Waals surface area contributed by atoms with Crippen molar-refractivity contribution in [3.05, 3.63) is 59.6 Å². The summed E-state index contributed by atoms with van der Waals surface area (Å²) >= 11 is 5.93. The number of nitrogens with zero attached hydrogens (tertiary/aromatic N) is 1. The van der Waals surface area contributed by atoms with Gasteiger partial charge in [0, 0.05) is 10.7 Å². The minimum Gasteiger partial charge on any atom is -0.383 e. The van der Waals surface area contributed by atoms with Gasteiger partial charge >= 0.3 is 0 Å². The first-order valence-electron chi connectivity index (χ1n) is 6.65. The molecule has 1 aromatic heterocycles. The Morgan fingerprint density at radius 2 is 1.83 bits per heavy atom. The van der Waals surface area contributed by atoms with Crippen LogP contribution in [0.1, 0.15) is 0 Å². The van der Waals surface area contributed by atoms with Crippen molar-refractivity contribution in [2.45, 2.75) is 9.79 Å². The number of rotatable bonds is 4. The molecule has 1 heterocycles. The fourth-order valence-electron chi connectivity index (χ4n) is 2.12. The lowest BCUT2D eigenvalue weighted by Gasteiger charge is -2.08. The van der Waals surface area contributed by atoms with Crippen molar-refractivity contribution < 1.29 is 8.42 Å². The lowest BCUT2D eigenvalue weighted by Crippen LogP contribution is -2.06. The molecule has 3 rings (SSSR count). The minimum absolute atomic E-state index is 0.0293. The average molecular weight is 349 g/mol. The van der Waals surface area contributed by atoms with Crippen LogP contribution in [0.15, 0.2) is 64.4 Å². The van der Waals surface area contributed by atoms with Crippen molar-refractivity contribution >= 4 is 38.8 Å². The highest BCUT2D eigenvalue weighted by molar-refractivity contribution is 7.91. The van der Waals surface area contributed by atoms with E-state index >= 15 is 0 Å². The number of halogens is 1. The zero-order valence-corrected chi connectivity index (χ0v) is 13.4. The maximum atomic E-state index is 12.8.